The fraction of sp³-hybridized carbons (Fsp3) is 0.533. The lowest BCUT2D eigenvalue weighted by molar-refractivity contribution is -0.144. The van der Waals surface area contributed by atoms with Crippen molar-refractivity contribution in [1.82, 2.24) is 0 Å². The standard InChI is InChI=1S/C15H23NO3S/c1-3-18-14-8-6-5-7-12(14)11-20-10-9-13(16)15(17)19-4-2/h5-8,13H,3-4,9-11,16H2,1-2H3. The molecule has 0 saturated carbocycles. The molecule has 0 aliphatic heterocycles. The van der Waals surface area contributed by atoms with Crippen LogP contribution in [-0.2, 0) is 15.3 Å². The normalized spacial score (nSPS) is 11.9. The monoisotopic (exact) mass is 297 g/mol. The van der Waals surface area contributed by atoms with Gasteiger partial charge in [0.05, 0.1) is 13.2 Å². The first-order valence-corrected chi connectivity index (χ1v) is 8.05. The van der Waals surface area contributed by atoms with Crippen LogP contribution >= 0.6 is 11.8 Å². The van der Waals surface area contributed by atoms with Crippen LogP contribution in [0.5, 0.6) is 5.75 Å². The minimum Gasteiger partial charge on any atom is -0.494 e. The molecule has 0 radical (unpaired) electrons. The number of thioether (sulfide) groups is 1. The number of carbonyl (C=O) groups excluding carboxylic acids is 1. The van der Waals surface area contributed by atoms with Gasteiger partial charge in [0.15, 0.2) is 0 Å². The second-order valence-corrected chi connectivity index (χ2v) is 5.35. The van der Waals surface area contributed by atoms with E-state index in [0.717, 1.165) is 17.3 Å². The van der Waals surface area contributed by atoms with Crippen molar-refractivity contribution in [3.8, 4) is 5.75 Å². The highest BCUT2D eigenvalue weighted by atomic mass is 32.2. The number of rotatable bonds is 9. The number of hydrogen-bond acceptors (Lipinski definition) is 5. The Bertz CT molecular complexity index is 412. The first-order valence-electron chi connectivity index (χ1n) is 6.89. The van der Waals surface area contributed by atoms with Crippen molar-refractivity contribution in [1.29, 1.82) is 0 Å². The molecule has 1 atom stereocenters. The average molecular weight is 297 g/mol. The second-order valence-electron chi connectivity index (χ2n) is 4.24. The maximum atomic E-state index is 11.4. The molecule has 1 aromatic rings. The second kappa shape index (κ2) is 9.66. The van der Waals surface area contributed by atoms with E-state index in [1.807, 2.05) is 25.1 Å². The fourth-order valence-corrected chi connectivity index (χ4v) is 2.70. The van der Waals surface area contributed by atoms with E-state index < -0.39 is 6.04 Å². The minimum atomic E-state index is -0.524. The number of carbonyl (C=O) groups is 1. The summed E-state index contributed by atoms with van der Waals surface area (Å²) in [5.74, 6) is 2.28. The summed E-state index contributed by atoms with van der Waals surface area (Å²) in [5, 5.41) is 0. The molecule has 0 fully saturated rings. The van der Waals surface area contributed by atoms with Gasteiger partial charge in [0.1, 0.15) is 11.8 Å². The Morgan fingerprint density at radius 1 is 1.30 bits per heavy atom. The topological polar surface area (TPSA) is 61.5 Å². The van der Waals surface area contributed by atoms with E-state index in [2.05, 4.69) is 6.07 Å². The first-order chi connectivity index (χ1) is 9.69. The predicted octanol–water partition coefficient (Wildman–Crippen LogP) is 2.60. The van der Waals surface area contributed by atoms with Crippen molar-refractivity contribution in [2.75, 3.05) is 19.0 Å². The summed E-state index contributed by atoms with van der Waals surface area (Å²) in [5.41, 5.74) is 6.92. The van der Waals surface area contributed by atoms with Crippen LogP contribution in [0, 0.1) is 0 Å². The molecule has 0 aliphatic carbocycles. The van der Waals surface area contributed by atoms with Gasteiger partial charge in [-0.2, -0.15) is 11.8 Å². The van der Waals surface area contributed by atoms with Crippen LogP contribution < -0.4 is 10.5 Å². The van der Waals surface area contributed by atoms with Gasteiger partial charge in [0, 0.05) is 11.3 Å². The van der Waals surface area contributed by atoms with Gasteiger partial charge >= 0.3 is 5.97 Å². The van der Waals surface area contributed by atoms with Gasteiger partial charge < -0.3 is 15.2 Å². The van der Waals surface area contributed by atoms with E-state index in [1.165, 1.54) is 5.56 Å². The van der Waals surface area contributed by atoms with Crippen LogP contribution in [0.1, 0.15) is 25.8 Å². The molecule has 4 nitrogen and oxygen atoms in total. The van der Waals surface area contributed by atoms with Gasteiger partial charge in [-0.25, -0.2) is 0 Å². The number of nitrogens with two attached hydrogens (primary N) is 1. The SMILES string of the molecule is CCOC(=O)C(N)CCSCc1ccccc1OCC. The molecule has 5 heteroatoms. The van der Waals surface area contributed by atoms with E-state index in [0.29, 0.717) is 19.6 Å². The third-order valence-electron chi connectivity index (χ3n) is 2.69. The average Bonchev–Trinajstić information content (AvgIpc) is 2.45. The number of para-hydroxylation sites is 1. The maximum Gasteiger partial charge on any atom is 0.322 e. The molecule has 0 bridgehead atoms. The molecule has 1 rings (SSSR count). The molecule has 2 N–H and O–H groups in total. The molecule has 0 saturated heterocycles. The zero-order valence-electron chi connectivity index (χ0n) is 12.1. The number of ether oxygens (including phenoxy) is 2. The first kappa shape index (κ1) is 16.9. The number of benzene rings is 1. The summed E-state index contributed by atoms with van der Waals surface area (Å²) < 4.78 is 10.5. The van der Waals surface area contributed by atoms with Gasteiger partial charge in [-0.15, -0.1) is 0 Å². The smallest absolute Gasteiger partial charge is 0.322 e. The lowest BCUT2D eigenvalue weighted by Crippen LogP contribution is -2.32. The zero-order chi connectivity index (χ0) is 14.8. The van der Waals surface area contributed by atoms with E-state index in [1.54, 1.807) is 18.7 Å². The van der Waals surface area contributed by atoms with Crippen molar-refractivity contribution in [3.05, 3.63) is 29.8 Å². The molecule has 20 heavy (non-hydrogen) atoms. The Hall–Kier alpha value is -1.20. The molecule has 112 valence electrons. The third-order valence-corrected chi connectivity index (χ3v) is 3.73. The molecule has 0 amide bonds. The van der Waals surface area contributed by atoms with Crippen LogP contribution in [0.3, 0.4) is 0 Å². The van der Waals surface area contributed by atoms with Crippen LogP contribution in [0.25, 0.3) is 0 Å². The van der Waals surface area contributed by atoms with Crippen LogP contribution in [-0.4, -0.2) is 31.0 Å². The van der Waals surface area contributed by atoms with Crippen LogP contribution in [0.2, 0.25) is 0 Å². The van der Waals surface area contributed by atoms with Gasteiger partial charge in [-0.05, 0) is 32.1 Å². The molecular weight excluding hydrogens is 274 g/mol. The highest BCUT2D eigenvalue weighted by Gasteiger charge is 2.13. The zero-order valence-corrected chi connectivity index (χ0v) is 12.9. The Morgan fingerprint density at radius 3 is 2.75 bits per heavy atom. The molecule has 1 unspecified atom stereocenters. The van der Waals surface area contributed by atoms with Crippen molar-refractivity contribution in [2.24, 2.45) is 5.73 Å². The maximum absolute atomic E-state index is 11.4. The van der Waals surface area contributed by atoms with Gasteiger partial charge in [-0.3, -0.25) is 4.79 Å². The predicted molar refractivity (Wildman–Crippen MR) is 83.0 cm³/mol. The van der Waals surface area contributed by atoms with Gasteiger partial charge in [0.2, 0.25) is 0 Å². The summed E-state index contributed by atoms with van der Waals surface area (Å²) in [7, 11) is 0. The minimum absolute atomic E-state index is 0.317. The quantitative estimate of drug-likeness (QED) is 0.561. The van der Waals surface area contributed by atoms with Crippen molar-refractivity contribution < 1.29 is 14.3 Å². The van der Waals surface area contributed by atoms with Crippen LogP contribution in [0.15, 0.2) is 24.3 Å². The number of hydrogen-bond donors (Lipinski definition) is 1. The summed E-state index contributed by atoms with van der Waals surface area (Å²) >= 11 is 1.74. The molecule has 0 heterocycles. The van der Waals surface area contributed by atoms with Gasteiger partial charge in [0.25, 0.3) is 0 Å². The molecule has 0 aromatic heterocycles. The molecular formula is C15H23NO3S. The van der Waals surface area contributed by atoms with E-state index in [9.17, 15) is 4.79 Å². The highest BCUT2D eigenvalue weighted by molar-refractivity contribution is 7.98. The summed E-state index contributed by atoms with van der Waals surface area (Å²) in [6.07, 6.45) is 0.625. The third kappa shape index (κ3) is 5.84. The van der Waals surface area contributed by atoms with Gasteiger partial charge in [-0.1, -0.05) is 18.2 Å². The molecule has 0 aliphatic rings. The summed E-state index contributed by atoms with van der Waals surface area (Å²) in [6, 6.07) is 7.48. The van der Waals surface area contributed by atoms with Crippen molar-refractivity contribution in [3.63, 3.8) is 0 Å². The van der Waals surface area contributed by atoms with Crippen molar-refractivity contribution in [2.45, 2.75) is 32.1 Å². The number of esters is 1. The lowest BCUT2D eigenvalue weighted by Gasteiger charge is -2.11. The molecule has 0 spiro atoms. The van der Waals surface area contributed by atoms with E-state index >= 15 is 0 Å². The Labute approximate surface area is 125 Å². The van der Waals surface area contributed by atoms with E-state index in [-0.39, 0.29) is 5.97 Å². The highest BCUT2D eigenvalue weighted by Crippen LogP contribution is 2.23. The summed E-state index contributed by atoms with van der Waals surface area (Å²) in [4.78, 5) is 11.4. The van der Waals surface area contributed by atoms with E-state index in [4.69, 9.17) is 15.2 Å². The Balaban J connectivity index is 2.32. The lowest BCUT2D eigenvalue weighted by atomic mass is 10.2. The Morgan fingerprint density at radius 2 is 2.05 bits per heavy atom. The fourth-order valence-electron chi connectivity index (χ4n) is 1.68. The van der Waals surface area contributed by atoms with Crippen LogP contribution in [0.4, 0.5) is 0 Å². The van der Waals surface area contributed by atoms with Crippen molar-refractivity contribution >= 4 is 17.7 Å². The Kier molecular flexibility index (Phi) is 8.14. The summed E-state index contributed by atoms with van der Waals surface area (Å²) in [6.45, 7) is 4.79. The molecule has 1 aromatic carbocycles. The largest absolute Gasteiger partial charge is 0.494 e.